The van der Waals surface area contributed by atoms with Gasteiger partial charge in [-0.25, -0.2) is 4.39 Å². The fraction of sp³-hybridized carbons (Fsp3) is 0.417. The molecule has 0 spiro atoms. The number of unbranched alkanes of at least 4 members (excludes halogenated alkanes) is 1. The van der Waals surface area contributed by atoms with E-state index in [2.05, 4.69) is 15.9 Å². The Balaban J connectivity index is 2.83. The van der Waals surface area contributed by atoms with E-state index in [9.17, 15) is 9.18 Å². The maximum atomic E-state index is 13.4. The van der Waals surface area contributed by atoms with Crippen LogP contribution in [0.5, 0.6) is 0 Å². The highest BCUT2D eigenvalue weighted by Crippen LogP contribution is 2.17. The topological polar surface area (TPSA) is 43.1 Å². The van der Waals surface area contributed by atoms with Gasteiger partial charge < -0.3 is 5.73 Å². The molecule has 0 aliphatic carbocycles. The molecule has 1 aromatic carbocycles. The van der Waals surface area contributed by atoms with Crippen molar-refractivity contribution >= 4 is 21.7 Å². The number of rotatable bonds is 5. The van der Waals surface area contributed by atoms with E-state index in [-0.39, 0.29) is 11.3 Å². The quantitative estimate of drug-likeness (QED) is 0.845. The zero-order chi connectivity index (χ0) is 12.1. The highest BCUT2D eigenvalue weighted by molar-refractivity contribution is 9.10. The first kappa shape index (κ1) is 13.3. The van der Waals surface area contributed by atoms with Gasteiger partial charge in [-0.15, -0.1) is 0 Å². The second kappa shape index (κ2) is 6.11. The van der Waals surface area contributed by atoms with Crippen LogP contribution in [0.3, 0.4) is 0 Å². The lowest BCUT2D eigenvalue weighted by atomic mass is 10.00. The molecular weight excluding hydrogens is 273 g/mol. The summed E-state index contributed by atoms with van der Waals surface area (Å²) in [5, 5.41) is 0. The Kier molecular flexibility index (Phi) is 5.09. The van der Waals surface area contributed by atoms with Crippen molar-refractivity contribution in [2.45, 2.75) is 32.2 Å². The molecule has 0 fully saturated rings. The van der Waals surface area contributed by atoms with Gasteiger partial charge in [0.1, 0.15) is 5.82 Å². The summed E-state index contributed by atoms with van der Waals surface area (Å²) >= 11 is 3.21. The largest absolute Gasteiger partial charge is 0.321 e. The third kappa shape index (κ3) is 3.39. The highest BCUT2D eigenvalue weighted by Gasteiger charge is 2.18. The van der Waals surface area contributed by atoms with Crippen LogP contribution in [0, 0.1) is 5.82 Å². The van der Waals surface area contributed by atoms with Crippen LogP contribution in [-0.4, -0.2) is 11.8 Å². The molecule has 0 amide bonds. The monoisotopic (exact) mass is 287 g/mol. The molecule has 1 rings (SSSR count). The van der Waals surface area contributed by atoms with Crippen molar-refractivity contribution in [1.29, 1.82) is 0 Å². The lowest BCUT2D eigenvalue weighted by molar-refractivity contribution is 0.0952. The number of nitrogens with two attached hydrogens (primary N) is 1. The standard InChI is InChI=1S/C12H15BrFNO/c1-2-3-4-11(15)12(16)9-7-8(13)5-6-10(9)14/h5-7,11H,2-4,15H2,1H3. The summed E-state index contributed by atoms with van der Waals surface area (Å²) < 4.78 is 14.1. The van der Waals surface area contributed by atoms with E-state index >= 15 is 0 Å². The average molecular weight is 288 g/mol. The van der Waals surface area contributed by atoms with Gasteiger partial charge in [-0.1, -0.05) is 35.7 Å². The number of hydrogen-bond donors (Lipinski definition) is 1. The minimum Gasteiger partial charge on any atom is -0.321 e. The van der Waals surface area contributed by atoms with E-state index in [1.54, 1.807) is 6.07 Å². The van der Waals surface area contributed by atoms with Gasteiger partial charge in [0.15, 0.2) is 5.78 Å². The molecule has 16 heavy (non-hydrogen) atoms. The Morgan fingerprint density at radius 3 is 2.88 bits per heavy atom. The molecule has 2 N–H and O–H groups in total. The van der Waals surface area contributed by atoms with E-state index in [1.165, 1.54) is 12.1 Å². The van der Waals surface area contributed by atoms with Gasteiger partial charge >= 0.3 is 0 Å². The third-order valence-corrected chi connectivity index (χ3v) is 2.89. The van der Waals surface area contributed by atoms with Gasteiger partial charge in [0.25, 0.3) is 0 Å². The number of carbonyl (C=O) groups excluding carboxylic acids is 1. The van der Waals surface area contributed by atoms with Gasteiger partial charge in [-0.05, 0) is 24.6 Å². The highest BCUT2D eigenvalue weighted by atomic mass is 79.9. The van der Waals surface area contributed by atoms with Crippen LogP contribution in [0.25, 0.3) is 0 Å². The third-order valence-electron chi connectivity index (χ3n) is 2.40. The molecule has 0 aromatic heterocycles. The summed E-state index contributed by atoms with van der Waals surface area (Å²) in [4.78, 5) is 11.8. The maximum absolute atomic E-state index is 13.4. The minimum atomic E-state index is -0.608. The number of Topliss-reactive ketones (excluding diaryl/α,β-unsaturated/α-hetero) is 1. The minimum absolute atomic E-state index is 0.0676. The molecule has 0 bridgehead atoms. The second-order valence-corrected chi connectivity index (χ2v) is 4.65. The van der Waals surface area contributed by atoms with Gasteiger partial charge in [-0.2, -0.15) is 0 Å². The lowest BCUT2D eigenvalue weighted by Gasteiger charge is -2.10. The predicted molar refractivity (Wildman–Crippen MR) is 65.9 cm³/mol. The Hall–Kier alpha value is -0.740. The van der Waals surface area contributed by atoms with Gasteiger partial charge in [0.2, 0.25) is 0 Å². The summed E-state index contributed by atoms with van der Waals surface area (Å²) in [6.45, 7) is 2.02. The number of benzene rings is 1. The van der Waals surface area contributed by atoms with Gasteiger partial charge in [0, 0.05) is 4.47 Å². The maximum Gasteiger partial charge on any atom is 0.182 e. The molecule has 0 saturated carbocycles. The van der Waals surface area contributed by atoms with Crippen molar-refractivity contribution in [2.24, 2.45) is 5.73 Å². The zero-order valence-electron chi connectivity index (χ0n) is 9.17. The van der Waals surface area contributed by atoms with Crippen LogP contribution in [0.2, 0.25) is 0 Å². The molecule has 1 atom stereocenters. The van der Waals surface area contributed by atoms with E-state index in [0.717, 1.165) is 12.8 Å². The molecular formula is C12H15BrFNO. The van der Waals surface area contributed by atoms with Crippen molar-refractivity contribution in [2.75, 3.05) is 0 Å². The van der Waals surface area contributed by atoms with E-state index in [1.807, 2.05) is 6.92 Å². The van der Waals surface area contributed by atoms with E-state index in [4.69, 9.17) is 5.73 Å². The van der Waals surface area contributed by atoms with Crippen LogP contribution in [-0.2, 0) is 0 Å². The molecule has 0 heterocycles. The Labute approximate surface area is 103 Å². The molecule has 0 saturated heterocycles. The summed E-state index contributed by atoms with van der Waals surface area (Å²) in [5.74, 6) is -0.840. The van der Waals surface area contributed by atoms with Crippen LogP contribution < -0.4 is 5.73 Å². The summed E-state index contributed by atoms with van der Waals surface area (Å²) in [6.07, 6.45) is 2.45. The Bertz CT molecular complexity index is 381. The van der Waals surface area contributed by atoms with Crippen molar-refractivity contribution in [1.82, 2.24) is 0 Å². The molecule has 2 nitrogen and oxygen atoms in total. The molecule has 4 heteroatoms. The number of hydrogen-bond acceptors (Lipinski definition) is 2. The molecule has 1 unspecified atom stereocenters. The number of carbonyl (C=O) groups is 1. The first-order valence-corrected chi connectivity index (χ1v) is 6.10. The van der Waals surface area contributed by atoms with E-state index in [0.29, 0.717) is 10.9 Å². The second-order valence-electron chi connectivity index (χ2n) is 3.74. The van der Waals surface area contributed by atoms with Crippen molar-refractivity contribution in [3.05, 3.63) is 34.1 Å². The van der Waals surface area contributed by atoms with E-state index < -0.39 is 11.9 Å². The first-order chi connectivity index (χ1) is 7.56. The molecule has 1 aromatic rings. The van der Waals surface area contributed by atoms with Crippen molar-refractivity contribution in [3.63, 3.8) is 0 Å². The van der Waals surface area contributed by atoms with Crippen LogP contribution in [0.4, 0.5) is 4.39 Å². The van der Waals surface area contributed by atoms with Crippen LogP contribution in [0.15, 0.2) is 22.7 Å². The van der Waals surface area contributed by atoms with Crippen LogP contribution in [0.1, 0.15) is 36.5 Å². The number of ketones is 1. The smallest absolute Gasteiger partial charge is 0.182 e. The molecule has 0 radical (unpaired) electrons. The molecule has 88 valence electrons. The Morgan fingerprint density at radius 2 is 2.25 bits per heavy atom. The molecule has 0 aliphatic heterocycles. The molecule has 0 aliphatic rings. The van der Waals surface area contributed by atoms with Crippen LogP contribution >= 0.6 is 15.9 Å². The fourth-order valence-electron chi connectivity index (χ4n) is 1.44. The SMILES string of the molecule is CCCCC(N)C(=O)c1cc(Br)ccc1F. The predicted octanol–water partition coefficient (Wildman–Crippen LogP) is 3.29. The fourth-order valence-corrected chi connectivity index (χ4v) is 1.80. The van der Waals surface area contributed by atoms with Crippen molar-refractivity contribution < 1.29 is 9.18 Å². The zero-order valence-corrected chi connectivity index (χ0v) is 10.8. The normalized spacial score (nSPS) is 12.5. The average Bonchev–Trinajstić information content (AvgIpc) is 2.28. The summed E-state index contributed by atoms with van der Waals surface area (Å²) in [6, 6.07) is 3.69. The van der Waals surface area contributed by atoms with Crippen molar-refractivity contribution in [3.8, 4) is 0 Å². The van der Waals surface area contributed by atoms with Gasteiger partial charge in [0.05, 0.1) is 11.6 Å². The summed E-state index contributed by atoms with van der Waals surface area (Å²) in [5.41, 5.74) is 5.79. The number of halogens is 2. The van der Waals surface area contributed by atoms with Gasteiger partial charge in [-0.3, -0.25) is 4.79 Å². The lowest BCUT2D eigenvalue weighted by Crippen LogP contribution is -2.31. The first-order valence-electron chi connectivity index (χ1n) is 5.31. The Morgan fingerprint density at radius 1 is 1.56 bits per heavy atom. The summed E-state index contributed by atoms with van der Waals surface area (Å²) in [7, 11) is 0.